The van der Waals surface area contributed by atoms with Gasteiger partial charge in [0.05, 0.1) is 6.61 Å². The first-order valence-corrected chi connectivity index (χ1v) is 8.55. The van der Waals surface area contributed by atoms with Crippen LogP contribution in [-0.4, -0.2) is 30.5 Å². The van der Waals surface area contributed by atoms with Gasteiger partial charge in [-0.05, 0) is 55.5 Å². The van der Waals surface area contributed by atoms with Crippen molar-refractivity contribution in [3.63, 3.8) is 0 Å². The average molecular weight is 345 g/mol. The first kappa shape index (κ1) is 17.4. The lowest BCUT2D eigenvalue weighted by Crippen LogP contribution is -2.38. The molecule has 1 aliphatic rings. The summed E-state index contributed by atoms with van der Waals surface area (Å²) in [4.78, 5) is 14.1. The molecular formula is C20H21F2NO2. The Morgan fingerprint density at radius 2 is 1.76 bits per heavy atom. The molecule has 1 aliphatic heterocycles. The summed E-state index contributed by atoms with van der Waals surface area (Å²) < 4.78 is 32.0. The molecule has 0 N–H and O–H groups in total. The summed E-state index contributed by atoms with van der Waals surface area (Å²) in [6, 6.07) is 13.0. The van der Waals surface area contributed by atoms with Crippen LogP contribution in [0.25, 0.3) is 0 Å². The molecule has 0 aliphatic carbocycles. The molecule has 0 bridgehead atoms. The summed E-state index contributed by atoms with van der Waals surface area (Å²) in [5.74, 6) is -0.781. The molecule has 0 unspecified atom stereocenters. The zero-order valence-corrected chi connectivity index (χ0v) is 14.0. The molecule has 0 spiro atoms. The van der Waals surface area contributed by atoms with Gasteiger partial charge in [-0.25, -0.2) is 8.78 Å². The third-order valence-electron chi connectivity index (χ3n) is 4.61. The van der Waals surface area contributed by atoms with Crippen molar-refractivity contribution in [1.29, 1.82) is 0 Å². The SMILES string of the molecule is O=C(c1ccc(F)c(F)c1)N1CCC(CCOc2ccccc2)CC1. The number of rotatable bonds is 5. The van der Waals surface area contributed by atoms with E-state index in [1.165, 1.54) is 6.07 Å². The second-order valence-corrected chi connectivity index (χ2v) is 6.31. The average Bonchev–Trinajstić information content (AvgIpc) is 2.65. The molecule has 2 aromatic rings. The molecule has 132 valence electrons. The number of halogens is 2. The van der Waals surface area contributed by atoms with Gasteiger partial charge in [0.2, 0.25) is 0 Å². The van der Waals surface area contributed by atoms with E-state index in [1.807, 2.05) is 30.3 Å². The van der Waals surface area contributed by atoms with Crippen LogP contribution >= 0.6 is 0 Å². The molecule has 0 saturated carbocycles. The first-order valence-electron chi connectivity index (χ1n) is 8.55. The monoisotopic (exact) mass is 345 g/mol. The Kier molecular flexibility index (Phi) is 5.64. The highest BCUT2D eigenvalue weighted by atomic mass is 19.2. The molecule has 5 heteroatoms. The van der Waals surface area contributed by atoms with Crippen molar-refractivity contribution in [2.24, 2.45) is 5.92 Å². The first-order chi connectivity index (χ1) is 12.1. The van der Waals surface area contributed by atoms with Crippen LogP contribution in [0.2, 0.25) is 0 Å². The molecule has 0 atom stereocenters. The van der Waals surface area contributed by atoms with Crippen molar-refractivity contribution in [2.75, 3.05) is 19.7 Å². The van der Waals surface area contributed by atoms with E-state index in [1.54, 1.807) is 4.90 Å². The molecule has 1 saturated heterocycles. The largest absolute Gasteiger partial charge is 0.494 e. The fraction of sp³-hybridized carbons (Fsp3) is 0.350. The number of nitrogens with zero attached hydrogens (tertiary/aromatic N) is 1. The van der Waals surface area contributed by atoms with Gasteiger partial charge in [0, 0.05) is 18.7 Å². The number of ether oxygens (including phenoxy) is 1. The molecule has 1 amide bonds. The number of likely N-dealkylation sites (tertiary alicyclic amines) is 1. The third-order valence-corrected chi connectivity index (χ3v) is 4.61. The third kappa shape index (κ3) is 4.56. The van der Waals surface area contributed by atoms with Crippen molar-refractivity contribution in [3.8, 4) is 5.75 Å². The summed E-state index contributed by atoms with van der Waals surface area (Å²) >= 11 is 0. The smallest absolute Gasteiger partial charge is 0.253 e. The number of hydrogen-bond acceptors (Lipinski definition) is 2. The minimum absolute atomic E-state index is 0.199. The molecule has 1 heterocycles. The highest BCUT2D eigenvalue weighted by Crippen LogP contribution is 2.23. The van der Waals surface area contributed by atoms with Gasteiger partial charge in [0.15, 0.2) is 11.6 Å². The van der Waals surface area contributed by atoms with Crippen LogP contribution in [0.15, 0.2) is 48.5 Å². The fourth-order valence-electron chi connectivity index (χ4n) is 3.10. The van der Waals surface area contributed by atoms with Gasteiger partial charge >= 0.3 is 0 Å². The minimum Gasteiger partial charge on any atom is -0.494 e. The van der Waals surface area contributed by atoms with Crippen LogP contribution in [0.3, 0.4) is 0 Å². The van der Waals surface area contributed by atoms with Crippen LogP contribution in [0.1, 0.15) is 29.6 Å². The number of carbonyl (C=O) groups is 1. The van der Waals surface area contributed by atoms with Gasteiger partial charge in [-0.1, -0.05) is 18.2 Å². The number of hydrogen-bond donors (Lipinski definition) is 0. The van der Waals surface area contributed by atoms with E-state index in [0.717, 1.165) is 37.1 Å². The van der Waals surface area contributed by atoms with E-state index in [2.05, 4.69) is 0 Å². The quantitative estimate of drug-likeness (QED) is 0.809. The number of piperidine rings is 1. The van der Waals surface area contributed by atoms with Gasteiger partial charge < -0.3 is 9.64 Å². The Bertz CT molecular complexity index is 713. The van der Waals surface area contributed by atoms with E-state index < -0.39 is 11.6 Å². The summed E-state index contributed by atoms with van der Waals surface area (Å²) in [7, 11) is 0. The molecule has 25 heavy (non-hydrogen) atoms. The van der Waals surface area contributed by atoms with Crippen LogP contribution < -0.4 is 4.74 Å². The summed E-state index contributed by atoms with van der Waals surface area (Å²) in [5, 5.41) is 0. The summed E-state index contributed by atoms with van der Waals surface area (Å²) in [6.07, 6.45) is 2.74. The highest BCUT2D eigenvalue weighted by molar-refractivity contribution is 5.94. The molecule has 1 fully saturated rings. The van der Waals surface area contributed by atoms with Crippen molar-refractivity contribution >= 4 is 5.91 Å². The molecule has 0 aromatic heterocycles. The van der Waals surface area contributed by atoms with Crippen LogP contribution in [0.5, 0.6) is 5.75 Å². The van der Waals surface area contributed by atoms with Crippen molar-refractivity contribution in [1.82, 2.24) is 4.90 Å². The Balaban J connectivity index is 1.45. The Morgan fingerprint density at radius 3 is 2.44 bits per heavy atom. The maximum atomic E-state index is 13.3. The predicted octanol–water partition coefficient (Wildman–Crippen LogP) is 4.29. The fourth-order valence-corrected chi connectivity index (χ4v) is 3.10. The number of amides is 1. The zero-order valence-electron chi connectivity index (χ0n) is 14.0. The van der Waals surface area contributed by atoms with Crippen molar-refractivity contribution in [2.45, 2.75) is 19.3 Å². The van der Waals surface area contributed by atoms with Gasteiger partial charge in [-0.2, -0.15) is 0 Å². The van der Waals surface area contributed by atoms with Gasteiger partial charge in [-0.15, -0.1) is 0 Å². The van der Waals surface area contributed by atoms with Crippen molar-refractivity contribution in [3.05, 3.63) is 65.7 Å². The van der Waals surface area contributed by atoms with Crippen molar-refractivity contribution < 1.29 is 18.3 Å². The Morgan fingerprint density at radius 1 is 1.04 bits per heavy atom. The lowest BCUT2D eigenvalue weighted by atomic mass is 9.93. The summed E-state index contributed by atoms with van der Waals surface area (Å²) in [5.41, 5.74) is 0.199. The lowest BCUT2D eigenvalue weighted by molar-refractivity contribution is 0.0679. The van der Waals surface area contributed by atoms with Gasteiger partial charge in [0.25, 0.3) is 5.91 Å². The Hall–Kier alpha value is -2.43. The second-order valence-electron chi connectivity index (χ2n) is 6.31. The molecule has 0 radical (unpaired) electrons. The maximum Gasteiger partial charge on any atom is 0.253 e. The molecule has 3 nitrogen and oxygen atoms in total. The highest BCUT2D eigenvalue weighted by Gasteiger charge is 2.24. The van der Waals surface area contributed by atoms with E-state index in [-0.39, 0.29) is 11.5 Å². The lowest BCUT2D eigenvalue weighted by Gasteiger charge is -2.32. The summed E-state index contributed by atoms with van der Waals surface area (Å²) in [6.45, 7) is 1.92. The molecule has 3 rings (SSSR count). The molecule has 2 aromatic carbocycles. The van der Waals surface area contributed by atoms with E-state index in [9.17, 15) is 13.6 Å². The van der Waals surface area contributed by atoms with Crippen LogP contribution in [-0.2, 0) is 0 Å². The Labute approximate surface area is 146 Å². The topological polar surface area (TPSA) is 29.5 Å². The second kappa shape index (κ2) is 8.10. The van der Waals surface area contributed by atoms with E-state index >= 15 is 0 Å². The number of benzene rings is 2. The number of carbonyl (C=O) groups excluding carboxylic acids is 1. The van der Waals surface area contributed by atoms with Crippen LogP contribution in [0.4, 0.5) is 8.78 Å². The van der Waals surface area contributed by atoms with Gasteiger partial charge in [-0.3, -0.25) is 4.79 Å². The minimum atomic E-state index is -0.987. The zero-order chi connectivity index (χ0) is 17.6. The molecular weight excluding hydrogens is 324 g/mol. The van der Waals surface area contributed by atoms with E-state index in [0.29, 0.717) is 25.6 Å². The van der Waals surface area contributed by atoms with Crippen LogP contribution in [0, 0.1) is 17.6 Å². The van der Waals surface area contributed by atoms with Gasteiger partial charge in [0.1, 0.15) is 5.75 Å². The maximum absolute atomic E-state index is 13.3. The normalized spacial score (nSPS) is 15.2. The standard InChI is InChI=1S/C20H21F2NO2/c21-18-7-6-16(14-19(18)22)20(24)23-11-8-15(9-12-23)10-13-25-17-4-2-1-3-5-17/h1-7,14-15H,8-13H2. The number of para-hydroxylation sites is 1. The predicted molar refractivity (Wildman–Crippen MR) is 91.5 cm³/mol. The van der Waals surface area contributed by atoms with E-state index in [4.69, 9.17) is 4.74 Å².